The predicted octanol–water partition coefficient (Wildman–Crippen LogP) is 0.0239. The summed E-state index contributed by atoms with van der Waals surface area (Å²) in [5, 5.41) is 18.9. The Balaban J connectivity index is 0.000000220. The van der Waals surface area contributed by atoms with Gasteiger partial charge in [-0.1, -0.05) is 6.92 Å². The molecule has 0 aromatic rings. The van der Waals surface area contributed by atoms with E-state index in [2.05, 4.69) is 11.7 Å². The first kappa shape index (κ1) is 19.3. The number of hydrogen-bond acceptors (Lipinski definition) is 7. The maximum Gasteiger partial charge on any atom is 0.337 e. The summed E-state index contributed by atoms with van der Waals surface area (Å²) in [6.07, 6.45) is 0.614. The minimum absolute atomic E-state index is 0.0610. The summed E-state index contributed by atoms with van der Waals surface area (Å²) in [7, 11) is 2.92. The van der Waals surface area contributed by atoms with Gasteiger partial charge < -0.3 is 30.2 Å². The molecule has 1 saturated heterocycles. The lowest BCUT2D eigenvalue weighted by atomic mass is 10.0. The zero-order valence-electron chi connectivity index (χ0n) is 13.8. The van der Waals surface area contributed by atoms with E-state index in [1.165, 1.54) is 7.11 Å². The molecule has 130 valence electrons. The Labute approximate surface area is 131 Å². The summed E-state index contributed by atoms with van der Waals surface area (Å²) in [4.78, 5) is 10.9. The van der Waals surface area contributed by atoms with Crippen LogP contribution >= 0.6 is 0 Å². The van der Waals surface area contributed by atoms with E-state index in [-0.39, 0.29) is 12.0 Å². The Morgan fingerprint density at radius 3 is 2.36 bits per heavy atom. The summed E-state index contributed by atoms with van der Waals surface area (Å²) in [6, 6.07) is 0. The van der Waals surface area contributed by atoms with Crippen LogP contribution < -0.4 is 5.73 Å². The van der Waals surface area contributed by atoms with Crippen LogP contribution in [0.25, 0.3) is 0 Å². The first-order chi connectivity index (χ1) is 10.2. The number of aliphatic hydroxyl groups excluding tert-OH is 1. The van der Waals surface area contributed by atoms with Crippen LogP contribution in [-0.4, -0.2) is 61.0 Å². The second-order valence-corrected chi connectivity index (χ2v) is 6.38. The molecule has 2 unspecified atom stereocenters. The smallest absolute Gasteiger partial charge is 0.337 e. The molecule has 2 rings (SSSR count). The number of esters is 1. The van der Waals surface area contributed by atoms with Crippen molar-refractivity contribution in [3.63, 3.8) is 0 Å². The number of carbonyl (C=O) groups is 1. The standard InChI is InChI=1S/C8H17NO2.C7H12O4/c1-6-3-7(5-11-2)8(9,10)4-6;1-4-3-5(8)6(11-4)7(9)10-2/h6-7,10H,3-5,9H2,1-2H3;4-6,8H,3H2,1-2H3/t6-,7-,8?;4-,5?,6-/m10/s1. The van der Waals surface area contributed by atoms with Crippen LogP contribution in [0.5, 0.6) is 0 Å². The van der Waals surface area contributed by atoms with Crippen LogP contribution in [0.2, 0.25) is 0 Å². The van der Waals surface area contributed by atoms with Crippen molar-refractivity contribution in [1.82, 2.24) is 0 Å². The number of rotatable bonds is 3. The van der Waals surface area contributed by atoms with Gasteiger partial charge in [0.05, 0.1) is 25.9 Å². The van der Waals surface area contributed by atoms with Gasteiger partial charge in [0.15, 0.2) is 6.10 Å². The molecule has 0 aromatic carbocycles. The summed E-state index contributed by atoms with van der Waals surface area (Å²) in [5.74, 6) is 0.134. The molecule has 6 atom stereocenters. The molecular weight excluding hydrogens is 290 g/mol. The molecule has 2 fully saturated rings. The maximum atomic E-state index is 10.9. The average molecular weight is 319 g/mol. The van der Waals surface area contributed by atoms with Gasteiger partial charge in [-0.25, -0.2) is 4.79 Å². The monoisotopic (exact) mass is 319 g/mol. The highest BCUT2D eigenvalue weighted by molar-refractivity contribution is 5.75. The highest BCUT2D eigenvalue weighted by atomic mass is 16.6. The number of carbonyl (C=O) groups excluding carboxylic acids is 1. The second kappa shape index (κ2) is 8.21. The summed E-state index contributed by atoms with van der Waals surface area (Å²) >= 11 is 0. The zero-order valence-corrected chi connectivity index (χ0v) is 13.8. The molecule has 0 amide bonds. The second-order valence-electron chi connectivity index (χ2n) is 6.38. The van der Waals surface area contributed by atoms with E-state index >= 15 is 0 Å². The molecule has 7 nitrogen and oxygen atoms in total. The van der Waals surface area contributed by atoms with E-state index in [9.17, 15) is 15.0 Å². The van der Waals surface area contributed by atoms with E-state index in [1.807, 2.05) is 6.92 Å². The molecule has 22 heavy (non-hydrogen) atoms. The molecule has 2 aliphatic rings. The zero-order chi connectivity index (χ0) is 16.9. The average Bonchev–Trinajstić information content (AvgIpc) is 2.88. The predicted molar refractivity (Wildman–Crippen MR) is 79.9 cm³/mol. The minimum atomic E-state index is -0.991. The van der Waals surface area contributed by atoms with Crippen LogP contribution in [-0.2, 0) is 19.0 Å². The molecule has 1 heterocycles. The van der Waals surface area contributed by atoms with Crippen LogP contribution in [0.1, 0.15) is 33.1 Å². The van der Waals surface area contributed by atoms with E-state index < -0.39 is 23.9 Å². The van der Waals surface area contributed by atoms with E-state index in [0.29, 0.717) is 25.4 Å². The maximum absolute atomic E-state index is 10.9. The summed E-state index contributed by atoms with van der Waals surface area (Å²) in [6.45, 7) is 4.48. The fraction of sp³-hybridized carbons (Fsp3) is 0.933. The van der Waals surface area contributed by atoms with Gasteiger partial charge in [-0.3, -0.25) is 0 Å². The molecule has 0 spiro atoms. The number of hydrogen-bond donors (Lipinski definition) is 3. The molecule has 7 heteroatoms. The quantitative estimate of drug-likeness (QED) is 0.497. The third-order valence-electron chi connectivity index (χ3n) is 4.17. The van der Waals surface area contributed by atoms with Crippen molar-refractivity contribution >= 4 is 5.97 Å². The van der Waals surface area contributed by atoms with Crippen LogP contribution in [0, 0.1) is 11.8 Å². The van der Waals surface area contributed by atoms with Gasteiger partial charge in [0.25, 0.3) is 0 Å². The molecule has 0 bridgehead atoms. The molecule has 4 N–H and O–H groups in total. The summed E-state index contributed by atoms with van der Waals surface area (Å²) < 4.78 is 14.5. The highest BCUT2D eigenvalue weighted by Gasteiger charge is 2.41. The Hall–Kier alpha value is -0.730. The minimum Gasteiger partial charge on any atom is -0.467 e. The fourth-order valence-corrected chi connectivity index (χ4v) is 3.10. The van der Waals surface area contributed by atoms with Gasteiger partial charge in [0.1, 0.15) is 5.72 Å². The van der Waals surface area contributed by atoms with Crippen molar-refractivity contribution in [2.75, 3.05) is 20.8 Å². The molecule has 0 aromatic heterocycles. The first-order valence-electron chi connectivity index (χ1n) is 7.62. The summed E-state index contributed by atoms with van der Waals surface area (Å²) in [5.41, 5.74) is 4.68. The third kappa shape index (κ3) is 5.17. The Bertz CT molecular complexity index is 362. The van der Waals surface area contributed by atoms with E-state index in [4.69, 9.17) is 15.2 Å². The first-order valence-corrected chi connectivity index (χ1v) is 7.62. The normalized spacial score (nSPS) is 41.0. The van der Waals surface area contributed by atoms with Gasteiger partial charge in [-0.15, -0.1) is 0 Å². The lowest BCUT2D eigenvalue weighted by molar-refractivity contribution is -0.156. The lowest BCUT2D eigenvalue weighted by Gasteiger charge is -2.24. The molecule has 1 aliphatic carbocycles. The number of ether oxygens (including phenoxy) is 3. The highest BCUT2D eigenvalue weighted by Crippen LogP contribution is 2.35. The van der Waals surface area contributed by atoms with Crippen LogP contribution in [0.4, 0.5) is 0 Å². The van der Waals surface area contributed by atoms with Gasteiger partial charge in [-0.2, -0.15) is 0 Å². The van der Waals surface area contributed by atoms with Crippen molar-refractivity contribution < 1.29 is 29.2 Å². The Kier molecular flexibility index (Phi) is 7.21. The lowest BCUT2D eigenvalue weighted by Crippen LogP contribution is -2.44. The largest absolute Gasteiger partial charge is 0.467 e. The van der Waals surface area contributed by atoms with Gasteiger partial charge in [-0.05, 0) is 25.7 Å². The third-order valence-corrected chi connectivity index (χ3v) is 4.17. The van der Waals surface area contributed by atoms with Crippen molar-refractivity contribution in [3.05, 3.63) is 0 Å². The van der Waals surface area contributed by atoms with Crippen molar-refractivity contribution in [2.45, 2.75) is 57.1 Å². The fourth-order valence-electron chi connectivity index (χ4n) is 3.10. The topological polar surface area (TPSA) is 111 Å². The Morgan fingerprint density at radius 2 is 2.00 bits per heavy atom. The Morgan fingerprint density at radius 1 is 1.36 bits per heavy atom. The van der Waals surface area contributed by atoms with E-state index in [1.54, 1.807) is 7.11 Å². The number of aliphatic hydroxyl groups is 2. The SMILES string of the molecule is COC(=O)[C@H]1O[C@@H](C)CC1O.COC[C@H]1C[C@@H](C)CC1(N)O. The van der Waals surface area contributed by atoms with Crippen LogP contribution in [0.3, 0.4) is 0 Å². The molecule has 0 radical (unpaired) electrons. The van der Waals surface area contributed by atoms with Gasteiger partial charge in [0, 0.05) is 19.4 Å². The van der Waals surface area contributed by atoms with E-state index in [0.717, 1.165) is 6.42 Å². The number of methoxy groups -OCH3 is 2. The van der Waals surface area contributed by atoms with Crippen molar-refractivity contribution in [3.8, 4) is 0 Å². The molecular formula is C15H29NO6. The molecule has 1 saturated carbocycles. The molecule has 1 aliphatic heterocycles. The van der Waals surface area contributed by atoms with Crippen molar-refractivity contribution in [1.29, 1.82) is 0 Å². The van der Waals surface area contributed by atoms with Gasteiger partial charge >= 0.3 is 5.97 Å². The van der Waals surface area contributed by atoms with Crippen LogP contribution in [0.15, 0.2) is 0 Å². The van der Waals surface area contributed by atoms with Crippen molar-refractivity contribution in [2.24, 2.45) is 17.6 Å². The number of nitrogens with two attached hydrogens (primary N) is 1. The van der Waals surface area contributed by atoms with Gasteiger partial charge in [0.2, 0.25) is 0 Å².